The first-order valence-corrected chi connectivity index (χ1v) is 7.13. The number of aliphatic carboxylic acids is 1. The average molecular weight is 350 g/mol. The molecule has 0 saturated heterocycles. The van der Waals surface area contributed by atoms with E-state index in [0.717, 1.165) is 5.56 Å². The minimum absolute atomic E-state index is 0.133. The van der Waals surface area contributed by atoms with Crippen LogP contribution in [0.5, 0.6) is 0 Å². The number of hydrogen-bond donors (Lipinski definition) is 4. The van der Waals surface area contributed by atoms with Crippen LogP contribution >= 0.6 is 0 Å². The fourth-order valence-electron chi connectivity index (χ4n) is 2.11. The maximum Gasteiger partial charge on any atom is 0.347 e. The molecule has 1 aromatic heterocycles. The first-order chi connectivity index (χ1) is 11.8. The van der Waals surface area contributed by atoms with Gasteiger partial charge in [0.15, 0.2) is 0 Å². The van der Waals surface area contributed by atoms with Crippen molar-refractivity contribution < 1.29 is 19.1 Å². The van der Waals surface area contributed by atoms with Crippen LogP contribution in [0.25, 0.3) is 0 Å². The lowest BCUT2D eigenvalue weighted by molar-refractivity contribution is -0.144. The SMILES string of the molecule is N[C@@H](Cc1ccccc1)C(=O)NC(C(=O)O)n1cc(F)c(=O)[nH]c1=O. The Hall–Kier alpha value is -3.27. The van der Waals surface area contributed by atoms with E-state index in [9.17, 15) is 28.7 Å². The van der Waals surface area contributed by atoms with Crippen molar-refractivity contribution in [3.63, 3.8) is 0 Å². The van der Waals surface area contributed by atoms with Gasteiger partial charge in [-0.25, -0.2) is 9.59 Å². The number of rotatable bonds is 6. The summed E-state index contributed by atoms with van der Waals surface area (Å²) in [6.45, 7) is 0. The molecule has 132 valence electrons. The molecule has 5 N–H and O–H groups in total. The lowest BCUT2D eigenvalue weighted by Crippen LogP contribution is -2.50. The number of H-pyrrole nitrogens is 1. The summed E-state index contributed by atoms with van der Waals surface area (Å²) >= 11 is 0. The van der Waals surface area contributed by atoms with Crippen LogP contribution in [0.1, 0.15) is 11.7 Å². The molecule has 1 aromatic carbocycles. The zero-order valence-corrected chi connectivity index (χ0v) is 12.8. The fourth-order valence-corrected chi connectivity index (χ4v) is 2.11. The Morgan fingerprint density at radius 2 is 1.92 bits per heavy atom. The number of benzene rings is 1. The van der Waals surface area contributed by atoms with Crippen molar-refractivity contribution in [1.82, 2.24) is 14.9 Å². The van der Waals surface area contributed by atoms with E-state index in [-0.39, 0.29) is 6.42 Å². The van der Waals surface area contributed by atoms with Gasteiger partial charge in [-0.2, -0.15) is 4.39 Å². The standard InChI is InChI=1S/C15H15FN4O5/c16-9-7-20(15(25)19-12(9)21)11(14(23)24)18-13(22)10(17)6-8-4-2-1-3-5-8/h1-5,7,10-11H,6,17H2,(H,18,22)(H,23,24)(H,19,21,25)/t10-,11?/m0/s1. The molecule has 9 nitrogen and oxygen atoms in total. The van der Waals surface area contributed by atoms with Crippen LogP contribution in [0.3, 0.4) is 0 Å². The van der Waals surface area contributed by atoms with Gasteiger partial charge in [-0.05, 0) is 12.0 Å². The molecule has 1 amide bonds. The summed E-state index contributed by atoms with van der Waals surface area (Å²) in [5, 5.41) is 11.3. The Kier molecular flexibility index (Phi) is 5.45. The minimum atomic E-state index is -1.92. The molecule has 25 heavy (non-hydrogen) atoms. The summed E-state index contributed by atoms with van der Waals surface area (Å²) in [6, 6.07) is 7.68. The number of hydrogen-bond acceptors (Lipinski definition) is 5. The molecule has 0 spiro atoms. The number of amides is 1. The lowest BCUT2D eigenvalue weighted by atomic mass is 10.1. The van der Waals surface area contributed by atoms with E-state index in [4.69, 9.17) is 5.73 Å². The van der Waals surface area contributed by atoms with Gasteiger partial charge in [-0.1, -0.05) is 30.3 Å². The van der Waals surface area contributed by atoms with Crippen molar-refractivity contribution in [3.05, 3.63) is 68.7 Å². The van der Waals surface area contributed by atoms with Crippen molar-refractivity contribution in [3.8, 4) is 0 Å². The highest BCUT2D eigenvalue weighted by Crippen LogP contribution is 2.04. The number of nitrogens with two attached hydrogens (primary N) is 1. The third kappa shape index (κ3) is 4.38. The maximum absolute atomic E-state index is 13.3. The minimum Gasteiger partial charge on any atom is -0.478 e. The van der Waals surface area contributed by atoms with Gasteiger partial charge in [-0.15, -0.1) is 0 Å². The number of nitrogens with zero attached hydrogens (tertiary/aromatic N) is 1. The Labute approximate surface area is 139 Å². The van der Waals surface area contributed by atoms with E-state index < -0.39 is 41.2 Å². The van der Waals surface area contributed by atoms with Crippen LogP contribution in [0.2, 0.25) is 0 Å². The summed E-state index contributed by atoms with van der Waals surface area (Å²) < 4.78 is 13.7. The van der Waals surface area contributed by atoms with Gasteiger partial charge in [-0.3, -0.25) is 19.1 Å². The molecule has 10 heteroatoms. The number of aromatic amines is 1. The Bertz CT molecular complexity index is 893. The first-order valence-electron chi connectivity index (χ1n) is 7.13. The summed E-state index contributed by atoms with van der Waals surface area (Å²) in [5.74, 6) is -3.85. The quantitative estimate of drug-likeness (QED) is 0.522. The van der Waals surface area contributed by atoms with E-state index in [1.807, 2.05) is 0 Å². The normalized spacial score (nSPS) is 13.0. The predicted octanol–water partition coefficient (Wildman–Crippen LogP) is -1.05. The first kappa shape index (κ1) is 18.1. The molecule has 0 bridgehead atoms. The van der Waals surface area contributed by atoms with Gasteiger partial charge in [0.25, 0.3) is 5.56 Å². The smallest absolute Gasteiger partial charge is 0.347 e. The molecule has 2 aromatic rings. The molecule has 2 atom stereocenters. The van der Waals surface area contributed by atoms with Gasteiger partial charge in [0, 0.05) is 0 Å². The zero-order valence-electron chi connectivity index (χ0n) is 12.8. The van der Waals surface area contributed by atoms with E-state index in [2.05, 4.69) is 5.32 Å². The molecular weight excluding hydrogens is 335 g/mol. The molecule has 1 unspecified atom stereocenters. The third-order valence-corrected chi connectivity index (χ3v) is 3.35. The second-order valence-electron chi connectivity index (χ2n) is 5.19. The van der Waals surface area contributed by atoms with Gasteiger partial charge < -0.3 is 16.2 Å². The molecule has 0 radical (unpaired) electrons. The molecule has 0 aliphatic heterocycles. The Morgan fingerprint density at radius 1 is 1.28 bits per heavy atom. The van der Waals surface area contributed by atoms with E-state index in [0.29, 0.717) is 10.8 Å². The van der Waals surface area contributed by atoms with E-state index in [1.165, 1.54) is 0 Å². The summed E-state index contributed by atoms with van der Waals surface area (Å²) in [5.41, 5.74) is 4.02. The molecular formula is C15H15FN4O5. The molecule has 0 saturated carbocycles. The monoisotopic (exact) mass is 350 g/mol. The van der Waals surface area contributed by atoms with Crippen LogP contribution in [-0.2, 0) is 16.0 Å². The maximum atomic E-state index is 13.3. The van der Waals surface area contributed by atoms with E-state index >= 15 is 0 Å². The number of aromatic nitrogens is 2. The third-order valence-electron chi connectivity index (χ3n) is 3.35. The molecule has 0 aliphatic rings. The van der Waals surface area contributed by atoms with Crippen molar-refractivity contribution >= 4 is 11.9 Å². The number of carboxylic acids is 1. The predicted molar refractivity (Wildman–Crippen MR) is 84.2 cm³/mol. The highest BCUT2D eigenvalue weighted by atomic mass is 19.1. The van der Waals surface area contributed by atoms with Crippen LogP contribution in [0.15, 0.2) is 46.1 Å². The van der Waals surface area contributed by atoms with Crippen LogP contribution in [0, 0.1) is 5.82 Å². The highest BCUT2D eigenvalue weighted by Gasteiger charge is 2.26. The van der Waals surface area contributed by atoms with Gasteiger partial charge in [0.05, 0.1) is 12.2 Å². The number of carboxylic acid groups (broad SMARTS) is 1. The van der Waals surface area contributed by atoms with Crippen molar-refractivity contribution in [2.75, 3.05) is 0 Å². The van der Waals surface area contributed by atoms with Crippen LogP contribution < -0.4 is 22.3 Å². The van der Waals surface area contributed by atoms with Crippen molar-refractivity contribution in [2.45, 2.75) is 18.6 Å². The fraction of sp³-hybridized carbons (Fsp3) is 0.200. The largest absolute Gasteiger partial charge is 0.478 e. The second kappa shape index (κ2) is 7.53. The highest BCUT2D eigenvalue weighted by molar-refractivity contribution is 5.86. The summed E-state index contributed by atoms with van der Waals surface area (Å²) in [7, 11) is 0. The van der Waals surface area contributed by atoms with Gasteiger partial charge >= 0.3 is 11.7 Å². The molecule has 1 heterocycles. The number of carbonyl (C=O) groups is 2. The van der Waals surface area contributed by atoms with Crippen LogP contribution in [0.4, 0.5) is 4.39 Å². The molecule has 0 aliphatic carbocycles. The number of nitrogens with one attached hydrogen (secondary N) is 2. The average Bonchev–Trinajstić information content (AvgIpc) is 2.56. The molecule has 0 fully saturated rings. The lowest BCUT2D eigenvalue weighted by Gasteiger charge is -2.19. The summed E-state index contributed by atoms with van der Waals surface area (Å²) in [4.78, 5) is 47.8. The Morgan fingerprint density at radius 3 is 2.52 bits per heavy atom. The topological polar surface area (TPSA) is 147 Å². The zero-order chi connectivity index (χ0) is 18.6. The van der Waals surface area contributed by atoms with E-state index in [1.54, 1.807) is 35.3 Å². The molecule has 2 rings (SSSR count). The number of halogens is 1. The van der Waals surface area contributed by atoms with Gasteiger partial charge in [0.2, 0.25) is 17.9 Å². The van der Waals surface area contributed by atoms with Crippen LogP contribution in [-0.4, -0.2) is 32.6 Å². The van der Waals surface area contributed by atoms with Crippen molar-refractivity contribution in [1.29, 1.82) is 0 Å². The summed E-state index contributed by atoms with van der Waals surface area (Å²) in [6.07, 6.45) is -1.38. The second-order valence-corrected chi connectivity index (χ2v) is 5.19. The van der Waals surface area contributed by atoms with Crippen molar-refractivity contribution in [2.24, 2.45) is 5.73 Å². The number of carbonyl (C=O) groups excluding carboxylic acids is 1. The van der Waals surface area contributed by atoms with Gasteiger partial charge in [0.1, 0.15) is 0 Å². The Balaban J connectivity index is 2.20.